The molecule has 18 heavy (non-hydrogen) atoms. The predicted molar refractivity (Wildman–Crippen MR) is 71.5 cm³/mol. The van der Waals surface area contributed by atoms with Crippen LogP contribution in [0.15, 0.2) is 36.3 Å². The van der Waals surface area contributed by atoms with Gasteiger partial charge in [0.05, 0.1) is 5.69 Å². The molecule has 4 heteroatoms. The van der Waals surface area contributed by atoms with E-state index >= 15 is 0 Å². The number of imidazole rings is 1. The average Bonchev–Trinajstić information content (AvgIpc) is 2.67. The van der Waals surface area contributed by atoms with Crippen LogP contribution >= 0.6 is 0 Å². The van der Waals surface area contributed by atoms with Gasteiger partial charge in [-0.25, -0.2) is 4.98 Å². The molecule has 2 rings (SSSR count). The highest BCUT2D eigenvalue weighted by molar-refractivity contribution is 5.73. The highest BCUT2D eigenvalue weighted by Crippen LogP contribution is 2.11. The van der Waals surface area contributed by atoms with Crippen LogP contribution in [0.2, 0.25) is 0 Å². The van der Waals surface area contributed by atoms with Crippen molar-refractivity contribution in [3.63, 3.8) is 0 Å². The molecule has 0 aliphatic rings. The molecule has 2 aromatic heterocycles. The molecule has 0 aliphatic heterocycles. The summed E-state index contributed by atoms with van der Waals surface area (Å²) in [6, 6.07) is 3.98. The van der Waals surface area contributed by atoms with Crippen LogP contribution in [0.4, 0.5) is 0 Å². The predicted octanol–water partition coefficient (Wildman–Crippen LogP) is 1.83. The van der Waals surface area contributed by atoms with E-state index in [0.29, 0.717) is 6.42 Å². The van der Waals surface area contributed by atoms with Crippen LogP contribution < -0.4 is 0 Å². The minimum atomic E-state index is 0.634. The van der Waals surface area contributed by atoms with Gasteiger partial charge in [0.15, 0.2) is 0 Å². The van der Waals surface area contributed by atoms with Crippen molar-refractivity contribution in [2.24, 2.45) is 0 Å². The summed E-state index contributed by atoms with van der Waals surface area (Å²) >= 11 is 0. The van der Waals surface area contributed by atoms with Gasteiger partial charge in [-0.05, 0) is 18.6 Å². The Labute approximate surface area is 107 Å². The lowest BCUT2D eigenvalue weighted by Gasteiger charge is -2.07. The number of carbonyl (C=O) groups excluding carboxylic acids is 1. The minimum absolute atomic E-state index is 0.634. The summed E-state index contributed by atoms with van der Waals surface area (Å²) in [5.41, 5.74) is 3.78. The second-order valence-electron chi connectivity index (χ2n) is 4.65. The van der Waals surface area contributed by atoms with Gasteiger partial charge in [-0.3, -0.25) is 4.79 Å². The zero-order valence-electron chi connectivity index (χ0n) is 10.9. The van der Waals surface area contributed by atoms with Crippen LogP contribution in [0.3, 0.4) is 0 Å². The second kappa shape index (κ2) is 5.04. The van der Waals surface area contributed by atoms with Crippen LogP contribution in [0, 0.1) is 6.92 Å². The van der Waals surface area contributed by atoms with Gasteiger partial charge in [0.25, 0.3) is 0 Å². The van der Waals surface area contributed by atoms with Crippen LogP contribution in [0.5, 0.6) is 0 Å². The first-order valence-corrected chi connectivity index (χ1v) is 5.85. The SMILES string of the molecule is Cc1cn2cc(C/C(C=O)=C/N(C)C)ccc2n1. The number of carbonyl (C=O) groups is 1. The summed E-state index contributed by atoms with van der Waals surface area (Å²) in [5.74, 6) is 0. The highest BCUT2D eigenvalue weighted by atomic mass is 16.1. The van der Waals surface area contributed by atoms with E-state index in [4.69, 9.17) is 0 Å². The third kappa shape index (κ3) is 2.77. The van der Waals surface area contributed by atoms with Crippen LogP contribution in [-0.2, 0) is 11.2 Å². The van der Waals surface area contributed by atoms with Crippen LogP contribution in [0.25, 0.3) is 5.65 Å². The first kappa shape index (κ1) is 12.4. The molecule has 4 nitrogen and oxygen atoms in total. The van der Waals surface area contributed by atoms with Gasteiger partial charge in [0.1, 0.15) is 11.9 Å². The summed E-state index contributed by atoms with van der Waals surface area (Å²) < 4.78 is 1.99. The average molecular weight is 243 g/mol. The van der Waals surface area contributed by atoms with E-state index in [1.54, 1.807) is 0 Å². The summed E-state index contributed by atoms with van der Waals surface area (Å²) in [6.07, 6.45) is 7.38. The molecule has 0 N–H and O–H groups in total. The highest BCUT2D eigenvalue weighted by Gasteiger charge is 2.02. The van der Waals surface area contributed by atoms with Crippen molar-refractivity contribution in [2.75, 3.05) is 14.1 Å². The summed E-state index contributed by atoms with van der Waals surface area (Å²) in [4.78, 5) is 17.2. The Morgan fingerprint density at radius 2 is 2.17 bits per heavy atom. The number of nitrogens with zero attached hydrogens (tertiary/aromatic N) is 3. The summed E-state index contributed by atoms with van der Waals surface area (Å²) in [7, 11) is 3.82. The van der Waals surface area contributed by atoms with Gasteiger partial charge in [-0.15, -0.1) is 0 Å². The Morgan fingerprint density at radius 1 is 1.39 bits per heavy atom. The molecule has 0 saturated carbocycles. The minimum Gasteiger partial charge on any atom is -0.383 e. The Morgan fingerprint density at radius 3 is 2.83 bits per heavy atom. The topological polar surface area (TPSA) is 37.6 Å². The molecule has 0 radical (unpaired) electrons. The molecule has 0 bridgehead atoms. The number of aryl methyl sites for hydroxylation is 1. The lowest BCUT2D eigenvalue weighted by molar-refractivity contribution is -0.105. The number of rotatable bonds is 4. The molecule has 2 heterocycles. The normalized spacial score (nSPS) is 11.8. The van der Waals surface area contributed by atoms with Crippen molar-refractivity contribution in [2.45, 2.75) is 13.3 Å². The Balaban J connectivity index is 2.28. The first-order chi connectivity index (χ1) is 8.58. The molecule has 0 unspecified atom stereocenters. The summed E-state index contributed by atoms with van der Waals surface area (Å²) in [6.45, 7) is 1.97. The molecule has 0 spiro atoms. The number of hydrogen-bond donors (Lipinski definition) is 0. The van der Waals surface area contributed by atoms with E-state index in [1.165, 1.54) is 0 Å². The number of fused-ring (bicyclic) bond motifs is 1. The van der Waals surface area contributed by atoms with E-state index in [2.05, 4.69) is 4.98 Å². The molecular formula is C14H17N3O. The molecule has 0 aliphatic carbocycles. The molecular weight excluding hydrogens is 226 g/mol. The molecule has 2 aromatic rings. The largest absolute Gasteiger partial charge is 0.383 e. The fraction of sp³-hybridized carbons (Fsp3) is 0.286. The Hall–Kier alpha value is -2.10. The smallest absolute Gasteiger partial charge is 0.147 e. The fourth-order valence-corrected chi connectivity index (χ4v) is 1.95. The zero-order valence-corrected chi connectivity index (χ0v) is 10.9. The number of hydrogen-bond acceptors (Lipinski definition) is 3. The van der Waals surface area contributed by atoms with Crippen molar-refractivity contribution >= 4 is 11.9 Å². The molecule has 0 fully saturated rings. The zero-order chi connectivity index (χ0) is 13.1. The third-order valence-electron chi connectivity index (χ3n) is 2.62. The van der Waals surface area contributed by atoms with E-state index in [9.17, 15) is 4.79 Å². The maximum Gasteiger partial charge on any atom is 0.147 e. The number of aldehydes is 1. The monoisotopic (exact) mass is 243 g/mol. The second-order valence-corrected chi connectivity index (χ2v) is 4.65. The van der Waals surface area contributed by atoms with Gasteiger partial charge in [-0.1, -0.05) is 6.07 Å². The van der Waals surface area contributed by atoms with E-state index in [1.807, 2.05) is 61.0 Å². The standard InChI is InChI=1S/C14H17N3O/c1-11-7-17-9-12(4-5-14(17)15-11)6-13(10-18)8-16(2)3/h4-5,7-10H,6H2,1-3H3/b13-8-. The van der Waals surface area contributed by atoms with Crippen LogP contribution in [0.1, 0.15) is 11.3 Å². The van der Waals surface area contributed by atoms with Gasteiger partial charge in [0.2, 0.25) is 0 Å². The lowest BCUT2D eigenvalue weighted by atomic mass is 10.1. The van der Waals surface area contributed by atoms with Gasteiger partial charge >= 0.3 is 0 Å². The first-order valence-electron chi connectivity index (χ1n) is 5.85. The van der Waals surface area contributed by atoms with Crippen LogP contribution in [-0.4, -0.2) is 34.7 Å². The summed E-state index contributed by atoms with van der Waals surface area (Å²) in [5, 5.41) is 0. The fourth-order valence-electron chi connectivity index (χ4n) is 1.95. The number of pyridine rings is 1. The van der Waals surface area contributed by atoms with E-state index in [0.717, 1.165) is 28.8 Å². The van der Waals surface area contributed by atoms with Gasteiger partial charge < -0.3 is 9.30 Å². The maximum atomic E-state index is 11.0. The Kier molecular flexibility index (Phi) is 3.46. The lowest BCUT2D eigenvalue weighted by Crippen LogP contribution is -2.05. The third-order valence-corrected chi connectivity index (χ3v) is 2.62. The Bertz CT molecular complexity index is 596. The number of allylic oxidation sites excluding steroid dienone is 1. The van der Waals surface area contributed by atoms with Crippen molar-refractivity contribution in [3.05, 3.63) is 47.6 Å². The quantitative estimate of drug-likeness (QED) is 0.607. The van der Waals surface area contributed by atoms with Gasteiger partial charge in [-0.2, -0.15) is 0 Å². The molecule has 0 saturated heterocycles. The van der Waals surface area contributed by atoms with E-state index < -0.39 is 0 Å². The van der Waals surface area contributed by atoms with Gasteiger partial charge in [0, 0.05) is 44.7 Å². The van der Waals surface area contributed by atoms with E-state index in [-0.39, 0.29) is 0 Å². The molecule has 0 aromatic carbocycles. The molecule has 0 atom stereocenters. The van der Waals surface area contributed by atoms with Crippen molar-refractivity contribution in [1.29, 1.82) is 0 Å². The number of aromatic nitrogens is 2. The van der Waals surface area contributed by atoms with Crippen molar-refractivity contribution in [3.8, 4) is 0 Å². The maximum absolute atomic E-state index is 11.0. The molecule has 0 amide bonds. The molecule has 94 valence electrons. The van der Waals surface area contributed by atoms with Crippen molar-refractivity contribution in [1.82, 2.24) is 14.3 Å². The van der Waals surface area contributed by atoms with Crippen molar-refractivity contribution < 1.29 is 4.79 Å².